The second-order valence-corrected chi connectivity index (χ2v) is 6.74. The maximum atomic E-state index is 13.8. The average Bonchev–Trinajstić information content (AvgIpc) is 2.90. The predicted molar refractivity (Wildman–Crippen MR) is 100 cm³/mol. The molecular formula is C20H18FNO3S. The van der Waals surface area contributed by atoms with E-state index < -0.39 is 17.0 Å². The summed E-state index contributed by atoms with van der Waals surface area (Å²) < 4.78 is 19.5. The van der Waals surface area contributed by atoms with Crippen LogP contribution in [0.1, 0.15) is 24.5 Å². The Labute approximate surface area is 155 Å². The molecule has 1 aliphatic rings. The van der Waals surface area contributed by atoms with Crippen molar-refractivity contribution in [2.75, 3.05) is 6.61 Å². The molecule has 26 heavy (non-hydrogen) atoms. The summed E-state index contributed by atoms with van der Waals surface area (Å²) >= 11 is 0.855. The van der Waals surface area contributed by atoms with Crippen molar-refractivity contribution in [3.8, 4) is 5.75 Å². The van der Waals surface area contributed by atoms with E-state index in [0.717, 1.165) is 28.6 Å². The summed E-state index contributed by atoms with van der Waals surface area (Å²) in [6.45, 7) is 2.50. The van der Waals surface area contributed by atoms with Crippen molar-refractivity contribution >= 4 is 29.0 Å². The van der Waals surface area contributed by atoms with Gasteiger partial charge in [0.05, 0.1) is 18.1 Å². The van der Waals surface area contributed by atoms with Crippen molar-refractivity contribution < 1.29 is 18.7 Å². The number of amides is 2. The lowest BCUT2D eigenvalue weighted by molar-refractivity contribution is -0.123. The van der Waals surface area contributed by atoms with Gasteiger partial charge in [0, 0.05) is 11.1 Å². The topological polar surface area (TPSA) is 46.6 Å². The number of hydrogen-bond donors (Lipinski definition) is 0. The molecule has 6 heteroatoms. The van der Waals surface area contributed by atoms with Gasteiger partial charge >= 0.3 is 0 Å². The molecule has 0 saturated carbocycles. The molecule has 134 valence electrons. The number of halogens is 1. The minimum absolute atomic E-state index is 0.0807. The zero-order valence-corrected chi connectivity index (χ0v) is 15.1. The van der Waals surface area contributed by atoms with E-state index >= 15 is 0 Å². The van der Waals surface area contributed by atoms with E-state index in [-0.39, 0.29) is 6.54 Å². The summed E-state index contributed by atoms with van der Waals surface area (Å²) in [5, 5.41) is -0.406. The van der Waals surface area contributed by atoms with Crippen LogP contribution in [-0.4, -0.2) is 22.7 Å². The lowest BCUT2D eigenvalue weighted by Gasteiger charge is -2.13. The number of imide groups is 1. The highest BCUT2D eigenvalue weighted by atomic mass is 32.2. The van der Waals surface area contributed by atoms with Crippen LogP contribution in [0.2, 0.25) is 0 Å². The molecule has 1 saturated heterocycles. The molecule has 0 radical (unpaired) electrons. The Hall–Kier alpha value is -2.60. The fourth-order valence-corrected chi connectivity index (χ4v) is 3.35. The molecule has 0 atom stereocenters. The maximum Gasteiger partial charge on any atom is 0.293 e. The Morgan fingerprint density at radius 1 is 1.12 bits per heavy atom. The van der Waals surface area contributed by atoms with Crippen LogP contribution < -0.4 is 4.74 Å². The van der Waals surface area contributed by atoms with Gasteiger partial charge in [-0.25, -0.2) is 4.39 Å². The number of hydrogen-bond acceptors (Lipinski definition) is 4. The monoisotopic (exact) mass is 371 g/mol. The van der Waals surface area contributed by atoms with Gasteiger partial charge < -0.3 is 4.74 Å². The Bertz CT molecular complexity index is 866. The summed E-state index contributed by atoms with van der Waals surface area (Å²) in [4.78, 5) is 26.2. The van der Waals surface area contributed by atoms with Gasteiger partial charge in [-0.1, -0.05) is 43.3 Å². The number of carbonyl (C=O) groups is 2. The highest BCUT2D eigenvalue weighted by Crippen LogP contribution is 2.35. The van der Waals surface area contributed by atoms with Gasteiger partial charge in [0.1, 0.15) is 11.6 Å². The van der Waals surface area contributed by atoms with Crippen molar-refractivity contribution in [2.45, 2.75) is 19.9 Å². The molecule has 2 aromatic rings. The number of nitrogens with zero attached hydrogens (tertiary/aromatic N) is 1. The Balaban J connectivity index is 1.83. The minimum atomic E-state index is -0.436. The molecule has 0 aliphatic carbocycles. The Morgan fingerprint density at radius 2 is 1.85 bits per heavy atom. The standard InChI is InChI=1S/C20H18FNO3S/c1-2-11-25-17-10-6-4-7-14(17)12-18-19(23)22(20(24)26-18)13-15-8-3-5-9-16(15)21/h3-10,12H,2,11,13H2,1H3/b18-12+. The minimum Gasteiger partial charge on any atom is -0.493 e. The first-order valence-electron chi connectivity index (χ1n) is 8.30. The zero-order valence-electron chi connectivity index (χ0n) is 14.3. The third kappa shape index (κ3) is 3.96. The van der Waals surface area contributed by atoms with Crippen LogP contribution in [0.4, 0.5) is 9.18 Å². The van der Waals surface area contributed by atoms with Crippen molar-refractivity contribution in [1.82, 2.24) is 4.90 Å². The normalized spacial score (nSPS) is 15.8. The van der Waals surface area contributed by atoms with E-state index in [1.54, 1.807) is 24.3 Å². The second kappa shape index (κ2) is 8.19. The molecule has 0 spiro atoms. The average molecular weight is 371 g/mol. The van der Waals surface area contributed by atoms with Crippen LogP contribution in [0, 0.1) is 5.82 Å². The van der Waals surface area contributed by atoms with Crippen LogP contribution in [0.5, 0.6) is 5.75 Å². The molecule has 3 rings (SSSR count). The van der Waals surface area contributed by atoms with E-state index in [1.165, 1.54) is 6.07 Å². The number of thioether (sulfide) groups is 1. The molecule has 4 nitrogen and oxygen atoms in total. The summed E-state index contributed by atoms with van der Waals surface area (Å²) in [7, 11) is 0. The van der Waals surface area contributed by atoms with Gasteiger partial charge in [-0.2, -0.15) is 0 Å². The van der Waals surface area contributed by atoms with Crippen LogP contribution in [0.25, 0.3) is 6.08 Å². The van der Waals surface area contributed by atoms with Crippen molar-refractivity contribution in [3.05, 3.63) is 70.4 Å². The molecule has 0 unspecified atom stereocenters. The van der Waals surface area contributed by atoms with Crippen molar-refractivity contribution in [3.63, 3.8) is 0 Å². The van der Waals surface area contributed by atoms with Gasteiger partial charge in [-0.15, -0.1) is 0 Å². The zero-order chi connectivity index (χ0) is 18.5. The molecule has 1 fully saturated rings. The Kier molecular flexibility index (Phi) is 5.73. The predicted octanol–water partition coefficient (Wildman–Crippen LogP) is 4.85. The van der Waals surface area contributed by atoms with E-state index in [0.29, 0.717) is 22.8 Å². The van der Waals surface area contributed by atoms with Crippen molar-refractivity contribution in [1.29, 1.82) is 0 Å². The van der Waals surface area contributed by atoms with Gasteiger partial charge in [0.2, 0.25) is 0 Å². The van der Waals surface area contributed by atoms with Gasteiger partial charge in [0.25, 0.3) is 11.1 Å². The van der Waals surface area contributed by atoms with Crippen LogP contribution in [0.3, 0.4) is 0 Å². The number of carbonyl (C=O) groups excluding carboxylic acids is 2. The van der Waals surface area contributed by atoms with Gasteiger partial charge in [-0.05, 0) is 36.4 Å². The largest absolute Gasteiger partial charge is 0.493 e. The third-order valence-corrected chi connectivity index (χ3v) is 4.73. The van der Waals surface area contributed by atoms with Crippen molar-refractivity contribution in [2.24, 2.45) is 0 Å². The first-order valence-corrected chi connectivity index (χ1v) is 9.12. The second-order valence-electron chi connectivity index (χ2n) is 5.75. The molecule has 0 N–H and O–H groups in total. The maximum absolute atomic E-state index is 13.8. The molecular weight excluding hydrogens is 353 g/mol. The third-order valence-electron chi connectivity index (χ3n) is 3.83. The van der Waals surface area contributed by atoms with Gasteiger partial charge in [-0.3, -0.25) is 14.5 Å². The van der Waals surface area contributed by atoms with E-state index in [1.807, 2.05) is 31.2 Å². The first-order chi connectivity index (χ1) is 12.6. The lowest BCUT2D eigenvalue weighted by atomic mass is 10.1. The molecule has 1 heterocycles. The van der Waals surface area contributed by atoms with Crippen LogP contribution >= 0.6 is 11.8 Å². The smallest absolute Gasteiger partial charge is 0.293 e. The summed E-state index contributed by atoms with van der Waals surface area (Å²) in [5.41, 5.74) is 1.04. The lowest BCUT2D eigenvalue weighted by Crippen LogP contribution is -2.27. The fraction of sp³-hybridized carbons (Fsp3) is 0.200. The molecule has 1 aliphatic heterocycles. The fourth-order valence-electron chi connectivity index (χ4n) is 2.52. The molecule has 0 bridgehead atoms. The summed E-state index contributed by atoms with van der Waals surface area (Å²) in [6.07, 6.45) is 2.52. The highest BCUT2D eigenvalue weighted by Gasteiger charge is 2.35. The molecule has 2 aromatic carbocycles. The number of para-hydroxylation sites is 1. The van der Waals surface area contributed by atoms with Gasteiger partial charge in [0.15, 0.2) is 0 Å². The number of ether oxygens (including phenoxy) is 1. The summed E-state index contributed by atoms with van der Waals surface area (Å²) in [6, 6.07) is 13.5. The number of rotatable bonds is 6. The van der Waals surface area contributed by atoms with E-state index in [2.05, 4.69) is 0 Å². The quantitative estimate of drug-likeness (QED) is 0.681. The number of benzene rings is 2. The summed E-state index contributed by atoms with van der Waals surface area (Å²) in [5.74, 6) is -0.197. The van der Waals surface area contributed by atoms with E-state index in [9.17, 15) is 14.0 Å². The molecule has 2 amide bonds. The Morgan fingerprint density at radius 3 is 2.62 bits per heavy atom. The van der Waals surface area contributed by atoms with Crippen LogP contribution in [0.15, 0.2) is 53.4 Å². The SMILES string of the molecule is CCCOc1ccccc1/C=C1/SC(=O)N(Cc2ccccc2F)C1=O. The molecule has 0 aromatic heterocycles. The highest BCUT2D eigenvalue weighted by molar-refractivity contribution is 8.18. The van der Waals surface area contributed by atoms with Crippen LogP contribution in [-0.2, 0) is 11.3 Å². The van der Waals surface area contributed by atoms with E-state index in [4.69, 9.17) is 4.74 Å². The first kappa shape index (κ1) is 18.2.